The molecule has 1 amide bonds. The standard InChI is InChI=1S/C10H12BrF2N3O3/c1-14-5-7(16(18)19)4-8(14)10(17)15(3-2-11)6-9(12)13/h4-5,9H,2-3,6H2,1H3. The van der Waals surface area contributed by atoms with Gasteiger partial charge in [-0.1, -0.05) is 15.9 Å². The Morgan fingerprint density at radius 3 is 2.68 bits per heavy atom. The molecule has 1 aromatic rings. The molecule has 0 bridgehead atoms. The molecule has 0 fully saturated rings. The summed E-state index contributed by atoms with van der Waals surface area (Å²) in [5.74, 6) is -0.657. The van der Waals surface area contributed by atoms with Crippen LogP contribution in [0.1, 0.15) is 10.5 Å². The Morgan fingerprint density at radius 2 is 2.26 bits per heavy atom. The zero-order valence-corrected chi connectivity index (χ0v) is 11.6. The molecule has 0 atom stereocenters. The maximum Gasteiger partial charge on any atom is 0.287 e. The summed E-state index contributed by atoms with van der Waals surface area (Å²) >= 11 is 3.07. The highest BCUT2D eigenvalue weighted by atomic mass is 79.9. The van der Waals surface area contributed by atoms with Gasteiger partial charge in [0, 0.05) is 25.0 Å². The van der Waals surface area contributed by atoms with Gasteiger partial charge in [-0.05, 0) is 0 Å². The molecule has 0 N–H and O–H groups in total. The molecular formula is C10H12BrF2N3O3. The molecule has 0 aliphatic carbocycles. The van der Waals surface area contributed by atoms with E-state index in [0.29, 0.717) is 5.33 Å². The molecular weight excluding hydrogens is 328 g/mol. The molecule has 0 unspecified atom stereocenters. The van der Waals surface area contributed by atoms with Crippen LogP contribution in [0.3, 0.4) is 0 Å². The van der Waals surface area contributed by atoms with Crippen molar-refractivity contribution in [2.24, 2.45) is 7.05 Å². The first kappa shape index (κ1) is 15.5. The summed E-state index contributed by atoms with van der Waals surface area (Å²) in [6.07, 6.45) is -1.49. The van der Waals surface area contributed by atoms with Crippen molar-refractivity contribution in [3.63, 3.8) is 0 Å². The van der Waals surface area contributed by atoms with Crippen molar-refractivity contribution in [3.8, 4) is 0 Å². The lowest BCUT2D eigenvalue weighted by molar-refractivity contribution is -0.384. The molecule has 9 heteroatoms. The average molecular weight is 340 g/mol. The summed E-state index contributed by atoms with van der Waals surface area (Å²) in [4.78, 5) is 23.0. The number of carbonyl (C=O) groups excluding carboxylic acids is 1. The van der Waals surface area contributed by atoms with E-state index in [1.54, 1.807) is 0 Å². The van der Waals surface area contributed by atoms with Crippen LogP contribution in [0.5, 0.6) is 0 Å². The van der Waals surface area contributed by atoms with E-state index in [1.165, 1.54) is 17.8 Å². The van der Waals surface area contributed by atoms with Gasteiger partial charge in [-0.15, -0.1) is 0 Å². The second-order valence-electron chi connectivity index (χ2n) is 3.78. The number of carbonyl (C=O) groups is 1. The highest BCUT2D eigenvalue weighted by molar-refractivity contribution is 9.09. The number of nitrogens with zero attached hydrogens (tertiary/aromatic N) is 3. The zero-order chi connectivity index (χ0) is 14.6. The third kappa shape index (κ3) is 3.98. The minimum atomic E-state index is -2.65. The van der Waals surface area contributed by atoms with E-state index >= 15 is 0 Å². The number of rotatable bonds is 6. The third-order valence-electron chi connectivity index (χ3n) is 2.42. The first-order valence-electron chi connectivity index (χ1n) is 5.31. The van der Waals surface area contributed by atoms with Crippen molar-refractivity contribution in [1.82, 2.24) is 9.47 Å². The lowest BCUT2D eigenvalue weighted by atomic mass is 10.3. The Hall–Kier alpha value is -1.51. The minimum absolute atomic E-state index is 0.00769. The Balaban J connectivity index is 2.98. The van der Waals surface area contributed by atoms with Gasteiger partial charge in [-0.25, -0.2) is 8.78 Å². The molecule has 0 aliphatic heterocycles. The quantitative estimate of drug-likeness (QED) is 0.452. The van der Waals surface area contributed by atoms with Crippen LogP contribution in [0.4, 0.5) is 14.5 Å². The van der Waals surface area contributed by atoms with Crippen molar-refractivity contribution >= 4 is 27.5 Å². The molecule has 1 heterocycles. The van der Waals surface area contributed by atoms with Crippen molar-refractivity contribution in [2.75, 3.05) is 18.4 Å². The predicted molar refractivity (Wildman–Crippen MR) is 67.8 cm³/mol. The number of amides is 1. The van der Waals surface area contributed by atoms with Gasteiger partial charge >= 0.3 is 0 Å². The Labute approximate surface area is 116 Å². The number of nitro groups is 1. The monoisotopic (exact) mass is 339 g/mol. The van der Waals surface area contributed by atoms with Crippen LogP contribution in [0, 0.1) is 10.1 Å². The topological polar surface area (TPSA) is 68.4 Å². The van der Waals surface area contributed by atoms with Gasteiger partial charge in [-0.3, -0.25) is 14.9 Å². The van der Waals surface area contributed by atoms with E-state index in [4.69, 9.17) is 0 Å². The number of aromatic nitrogens is 1. The molecule has 1 rings (SSSR count). The fourth-order valence-corrected chi connectivity index (χ4v) is 1.99. The summed E-state index contributed by atoms with van der Waals surface area (Å²) in [7, 11) is 1.45. The Kier molecular flexibility index (Phi) is 5.40. The molecule has 0 saturated carbocycles. The van der Waals surface area contributed by atoms with Gasteiger partial charge in [-0.2, -0.15) is 0 Å². The van der Waals surface area contributed by atoms with E-state index < -0.39 is 23.8 Å². The van der Waals surface area contributed by atoms with Crippen LogP contribution < -0.4 is 0 Å². The first-order chi connectivity index (χ1) is 8.86. The van der Waals surface area contributed by atoms with Crippen molar-refractivity contribution in [1.29, 1.82) is 0 Å². The number of aryl methyl sites for hydroxylation is 1. The number of halogens is 3. The normalized spacial score (nSPS) is 10.8. The molecule has 0 spiro atoms. The van der Waals surface area contributed by atoms with E-state index in [1.807, 2.05) is 0 Å². The highest BCUT2D eigenvalue weighted by Gasteiger charge is 2.24. The zero-order valence-electron chi connectivity index (χ0n) is 10.1. The average Bonchev–Trinajstić information content (AvgIpc) is 2.69. The first-order valence-corrected chi connectivity index (χ1v) is 6.43. The van der Waals surface area contributed by atoms with Gasteiger partial charge in [0.15, 0.2) is 0 Å². The highest BCUT2D eigenvalue weighted by Crippen LogP contribution is 2.17. The van der Waals surface area contributed by atoms with Gasteiger partial charge < -0.3 is 9.47 Å². The van der Waals surface area contributed by atoms with Crippen LogP contribution in [-0.2, 0) is 7.05 Å². The van der Waals surface area contributed by atoms with E-state index in [2.05, 4.69) is 15.9 Å². The van der Waals surface area contributed by atoms with Gasteiger partial charge in [0.25, 0.3) is 18.0 Å². The summed E-state index contributed by atoms with van der Waals surface area (Å²) in [5, 5.41) is 10.9. The second kappa shape index (κ2) is 6.60. The summed E-state index contributed by atoms with van der Waals surface area (Å²) in [6, 6.07) is 1.08. The molecule has 19 heavy (non-hydrogen) atoms. The Bertz CT molecular complexity index is 479. The van der Waals surface area contributed by atoms with E-state index in [0.717, 1.165) is 11.0 Å². The van der Waals surface area contributed by atoms with Crippen LogP contribution in [0.25, 0.3) is 0 Å². The van der Waals surface area contributed by atoms with Crippen molar-refractivity contribution in [3.05, 3.63) is 28.1 Å². The number of alkyl halides is 3. The second-order valence-corrected chi connectivity index (χ2v) is 4.58. The van der Waals surface area contributed by atoms with Gasteiger partial charge in [0.05, 0.1) is 17.7 Å². The molecule has 6 nitrogen and oxygen atoms in total. The van der Waals surface area contributed by atoms with E-state index in [9.17, 15) is 23.7 Å². The molecule has 0 radical (unpaired) electrons. The van der Waals surface area contributed by atoms with E-state index in [-0.39, 0.29) is 17.9 Å². The molecule has 1 aromatic heterocycles. The lowest BCUT2D eigenvalue weighted by Gasteiger charge is -2.21. The Morgan fingerprint density at radius 1 is 1.63 bits per heavy atom. The van der Waals surface area contributed by atoms with Crippen molar-refractivity contribution in [2.45, 2.75) is 6.43 Å². The molecule has 0 aliphatic rings. The third-order valence-corrected chi connectivity index (χ3v) is 2.78. The maximum absolute atomic E-state index is 12.4. The van der Waals surface area contributed by atoms with Gasteiger partial charge in [0.1, 0.15) is 5.69 Å². The SMILES string of the molecule is Cn1cc([N+](=O)[O-])cc1C(=O)N(CCBr)CC(F)F. The number of hydrogen-bond donors (Lipinski definition) is 0. The largest absolute Gasteiger partial charge is 0.340 e. The minimum Gasteiger partial charge on any atom is -0.340 e. The summed E-state index contributed by atoms with van der Waals surface area (Å²) < 4.78 is 26.0. The van der Waals surface area contributed by atoms with Crippen LogP contribution in [0.15, 0.2) is 12.3 Å². The maximum atomic E-state index is 12.4. The van der Waals surface area contributed by atoms with Crippen LogP contribution in [-0.4, -0.2) is 45.1 Å². The smallest absolute Gasteiger partial charge is 0.287 e. The van der Waals surface area contributed by atoms with Crippen LogP contribution in [0.2, 0.25) is 0 Å². The summed E-state index contributed by atoms with van der Waals surface area (Å²) in [6.45, 7) is -0.606. The van der Waals surface area contributed by atoms with Crippen molar-refractivity contribution < 1.29 is 18.5 Å². The predicted octanol–water partition coefficient (Wildman–Crippen LogP) is 2.04. The lowest BCUT2D eigenvalue weighted by Crippen LogP contribution is -2.37. The fraction of sp³-hybridized carbons (Fsp3) is 0.500. The number of hydrogen-bond acceptors (Lipinski definition) is 3. The van der Waals surface area contributed by atoms with Crippen LogP contribution >= 0.6 is 15.9 Å². The molecule has 0 saturated heterocycles. The molecule has 106 valence electrons. The fourth-order valence-electron chi connectivity index (χ4n) is 1.57. The summed E-state index contributed by atoms with van der Waals surface area (Å²) in [5.41, 5.74) is -0.241. The molecule has 0 aromatic carbocycles. The van der Waals surface area contributed by atoms with Gasteiger partial charge in [0.2, 0.25) is 0 Å².